The van der Waals surface area contributed by atoms with E-state index in [0.29, 0.717) is 5.56 Å². The van der Waals surface area contributed by atoms with E-state index in [4.69, 9.17) is 5.11 Å². The molecule has 0 saturated carbocycles. The van der Waals surface area contributed by atoms with Crippen molar-refractivity contribution in [1.29, 1.82) is 0 Å². The molecule has 0 aliphatic heterocycles. The Bertz CT molecular complexity index is 420. The summed E-state index contributed by atoms with van der Waals surface area (Å²) < 4.78 is 0. The van der Waals surface area contributed by atoms with Gasteiger partial charge in [0.2, 0.25) is 0 Å². The number of aromatic carboxylic acids is 1. The fraction of sp³-hybridized carbons (Fsp3) is 0.333. The highest BCUT2D eigenvalue weighted by Crippen LogP contribution is 2.06. The third-order valence-corrected chi connectivity index (χ3v) is 3.00. The molecule has 0 aliphatic rings. The van der Waals surface area contributed by atoms with E-state index in [1.54, 1.807) is 23.9 Å². The maximum Gasteiger partial charge on any atom is 0.335 e. The summed E-state index contributed by atoms with van der Waals surface area (Å²) in [5.41, 5.74) is 0.494. The van der Waals surface area contributed by atoms with Gasteiger partial charge in [0.15, 0.2) is 0 Å². The number of hydrogen-bond donors (Lipinski definition) is 2. The molecule has 0 aromatic heterocycles. The number of carboxylic acid groups (broad SMARTS) is 1. The smallest absolute Gasteiger partial charge is 0.335 e. The van der Waals surface area contributed by atoms with E-state index in [1.165, 1.54) is 12.1 Å². The number of carbonyl (C=O) groups is 2. The van der Waals surface area contributed by atoms with Crippen molar-refractivity contribution in [3.63, 3.8) is 0 Å². The van der Waals surface area contributed by atoms with Crippen LogP contribution in [0.3, 0.4) is 0 Å². The second-order valence-electron chi connectivity index (χ2n) is 3.72. The highest BCUT2D eigenvalue weighted by molar-refractivity contribution is 7.98. The first-order valence-electron chi connectivity index (χ1n) is 5.17. The first-order valence-corrected chi connectivity index (χ1v) is 6.57. The zero-order valence-electron chi connectivity index (χ0n) is 9.77. The van der Waals surface area contributed by atoms with Crippen molar-refractivity contribution in [2.75, 3.05) is 12.0 Å². The van der Waals surface area contributed by atoms with Gasteiger partial charge in [-0.2, -0.15) is 11.8 Å². The highest BCUT2D eigenvalue weighted by Gasteiger charge is 2.11. The summed E-state index contributed by atoms with van der Waals surface area (Å²) in [6, 6.07) is 6.07. The molecule has 0 fully saturated rings. The molecule has 17 heavy (non-hydrogen) atoms. The molecule has 0 bridgehead atoms. The molecule has 2 N–H and O–H groups in total. The lowest BCUT2D eigenvalue weighted by atomic mass is 10.1. The van der Waals surface area contributed by atoms with Crippen molar-refractivity contribution in [2.45, 2.75) is 13.0 Å². The molecule has 1 aromatic rings. The number of rotatable bonds is 5. The number of thioether (sulfide) groups is 1. The van der Waals surface area contributed by atoms with Crippen LogP contribution in [0.4, 0.5) is 0 Å². The van der Waals surface area contributed by atoms with Crippen LogP contribution in [0.1, 0.15) is 27.6 Å². The van der Waals surface area contributed by atoms with Crippen LogP contribution in [-0.2, 0) is 0 Å². The van der Waals surface area contributed by atoms with Crippen LogP contribution in [0.25, 0.3) is 0 Å². The van der Waals surface area contributed by atoms with Crippen LogP contribution in [0, 0.1) is 0 Å². The summed E-state index contributed by atoms with van der Waals surface area (Å²) in [6.45, 7) is 1.91. The van der Waals surface area contributed by atoms with Crippen LogP contribution in [0.15, 0.2) is 24.3 Å². The fourth-order valence-corrected chi connectivity index (χ4v) is 1.98. The third-order valence-electron chi connectivity index (χ3n) is 2.17. The summed E-state index contributed by atoms with van der Waals surface area (Å²) in [4.78, 5) is 22.6. The molecule has 0 aliphatic carbocycles. The fourth-order valence-electron chi connectivity index (χ4n) is 1.39. The second kappa shape index (κ2) is 6.30. The molecule has 1 atom stereocenters. The SMILES string of the molecule is CSCC(C)NC(=O)c1cccc(C(=O)O)c1. The molecule has 0 radical (unpaired) electrons. The largest absolute Gasteiger partial charge is 0.478 e. The Balaban J connectivity index is 2.75. The van der Waals surface area contributed by atoms with Gasteiger partial charge in [-0.25, -0.2) is 4.79 Å². The molecule has 1 rings (SSSR count). The first kappa shape index (κ1) is 13.6. The number of nitrogens with one attached hydrogen (secondary N) is 1. The Labute approximate surface area is 104 Å². The molecule has 0 spiro atoms. The van der Waals surface area contributed by atoms with Crippen LogP contribution < -0.4 is 5.32 Å². The topological polar surface area (TPSA) is 66.4 Å². The quantitative estimate of drug-likeness (QED) is 0.840. The van der Waals surface area contributed by atoms with Gasteiger partial charge in [0.05, 0.1) is 5.56 Å². The molecular weight excluding hydrogens is 238 g/mol. The van der Waals surface area contributed by atoms with Gasteiger partial charge in [-0.1, -0.05) is 6.07 Å². The van der Waals surface area contributed by atoms with E-state index in [1.807, 2.05) is 13.2 Å². The van der Waals surface area contributed by atoms with Crippen molar-refractivity contribution in [2.24, 2.45) is 0 Å². The van der Waals surface area contributed by atoms with Crippen molar-refractivity contribution in [3.05, 3.63) is 35.4 Å². The van der Waals surface area contributed by atoms with Gasteiger partial charge in [-0.15, -0.1) is 0 Å². The van der Waals surface area contributed by atoms with Gasteiger partial charge in [0.1, 0.15) is 0 Å². The first-order chi connectivity index (χ1) is 8.04. The number of benzene rings is 1. The minimum absolute atomic E-state index is 0.0611. The Morgan fingerprint density at radius 1 is 1.41 bits per heavy atom. The Morgan fingerprint density at radius 3 is 2.65 bits per heavy atom. The summed E-state index contributed by atoms with van der Waals surface area (Å²) in [5, 5.41) is 11.6. The van der Waals surface area contributed by atoms with E-state index >= 15 is 0 Å². The molecule has 92 valence electrons. The lowest BCUT2D eigenvalue weighted by Gasteiger charge is -2.12. The lowest BCUT2D eigenvalue weighted by molar-refractivity contribution is 0.0697. The molecular formula is C12H15NO3S. The van der Waals surface area contributed by atoms with E-state index < -0.39 is 5.97 Å². The Morgan fingerprint density at radius 2 is 2.06 bits per heavy atom. The summed E-state index contributed by atoms with van der Waals surface area (Å²) in [6.07, 6.45) is 1.97. The molecule has 0 saturated heterocycles. The predicted molar refractivity (Wildman–Crippen MR) is 68.7 cm³/mol. The average Bonchev–Trinajstić information content (AvgIpc) is 2.29. The Hall–Kier alpha value is -1.49. The monoisotopic (exact) mass is 253 g/mol. The van der Waals surface area contributed by atoms with E-state index in [0.717, 1.165) is 5.75 Å². The van der Waals surface area contributed by atoms with Crippen LogP contribution >= 0.6 is 11.8 Å². The lowest BCUT2D eigenvalue weighted by Crippen LogP contribution is -2.34. The zero-order valence-corrected chi connectivity index (χ0v) is 10.6. The average molecular weight is 253 g/mol. The van der Waals surface area contributed by atoms with E-state index in [2.05, 4.69) is 5.32 Å². The van der Waals surface area contributed by atoms with Crippen molar-refractivity contribution >= 4 is 23.6 Å². The normalized spacial score (nSPS) is 11.9. The highest BCUT2D eigenvalue weighted by atomic mass is 32.2. The predicted octanol–water partition coefficient (Wildman–Crippen LogP) is 1.87. The van der Waals surface area contributed by atoms with Gasteiger partial charge in [-0.3, -0.25) is 4.79 Å². The number of amides is 1. The van der Waals surface area contributed by atoms with Crippen LogP contribution in [-0.4, -0.2) is 35.0 Å². The number of carbonyl (C=O) groups excluding carboxylic acids is 1. The van der Waals surface area contributed by atoms with E-state index in [-0.39, 0.29) is 17.5 Å². The third kappa shape index (κ3) is 4.11. The molecule has 1 aromatic carbocycles. The standard InChI is InChI=1S/C12H15NO3S/c1-8(7-17-2)13-11(14)9-4-3-5-10(6-9)12(15)16/h3-6,8H,7H2,1-2H3,(H,13,14)(H,15,16). The maximum atomic E-state index is 11.8. The summed E-state index contributed by atoms with van der Waals surface area (Å²) >= 11 is 1.65. The summed E-state index contributed by atoms with van der Waals surface area (Å²) in [5.74, 6) is -0.448. The minimum atomic E-state index is -1.03. The van der Waals surface area contributed by atoms with E-state index in [9.17, 15) is 9.59 Å². The van der Waals surface area contributed by atoms with Crippen molar-refractivity contribution in [1.82, 2.24) is 5.32 Å². The van der Waals surface area contributed by atoms with Gasteiger partial charge in [0.25, 0.3) is 5.91 Å². The minimum Gasteiger partial charge on any atom is -0.478 e. The molecule has 5 heteroatoms. The van der Waals surface area contributed by atoms with Gasteiger partial charge < -0.3 is 10.4 Å². The van der Waals surface area contributed by atoms with Gasteiger partial charge >= 0.3 is 5.97 Å². The van der Waals surface area contributed by atoms with Gasteiger partial charge in [-0.05, 0) is 31.4 Å². The van der Waals surface area contributed by atoms with Gasteiger partial charge in [0, 0.05) is 17.4 Å². The Kier molecular flexibility index (Phi) is 5.03. The van der Waals surface area contributed by atoms with Crippen LogP contribution in [0.2, 0.25) is 0 Å². The molecule has 0 heterocycles. The molecule has 1 unspecified atom stereocenters. The zero-order chi connectivity index (χ0) is 12.8. The number of hydrogen-bond acceptors (Lipinski definition) is 3. The van der Waals surface area contributed by atoms with Crippen molar-refractivity contribution in [3.8, 4) is 0 Å². The number of carboxylic acids is 1. The van der Waals surface area contributed by atoms with Crippen LogP contribution in [0.5, 0.6) is 0 Å². The summed E-state index contributed by atoms with van der Waals surface area (Å²) in [7, 11) is 0. The maximum absolute atomic E-state index is 11.8. The second-order valence-corrected chi connectivity index (χ2v) is 4.63. The van der Waals surface area contributed by atoms with Crippen molar-refractivity contribution < 1.29 is 14.7 Å². The molecule has 1 amide bonds. The molecule has 4 nitrogen and oxygen atoms in total.